The van der Waals surface area contributed by atoms with Crippen LogP contribution in [0.5, 0.6) is 5.75 Å². The largest absolute Gasteiger partial charge is 0.508 e. The molecule has 0 saturated carbocycles. The highest BCUT2D eigenvalue weighted by molar-refractivity contribution is 5.30. The molecule has 1 N–H and O–H groups in total. The van der Waals surface area contributed by atoms with Gasteiger partial charge in [-0.25, -0.2) is 0 Å². The molecule has 2 atom stereocenters. The van der Waals surface area contributed by atoms with Gasteiger partial charge in [-0.15, -0.1) is 0 Å². The van der Waals surface area contributed by atoms with E-state index in [1.165, 1.54) is 11.1 Å². The lowest BCUT2D eigenvalue weighted by atomic mass is 9.80. The monoisotopic (exact) mass is 324 g/mol. The highest BCUT2D eigenvalue weighted by Crippen LogP contribution is 2.35. The van der Waals surface area contributed by atoms with E-state index in [2.05, 4.69) is 60.3 Å². The first-order chi connectivity index (χ1) is 11.6. The van der Waals surface area contributed by atoms with Crippen molar-refractivity contribution >= 4 is 0 Å². The Morgan fingerprint density at radius 1 is 1.08 bits per heavy atom. The third-order valence-corrected chi connectivity index (χ3v) is 4.97. The van der Waals surface area contributed by atoms with Crippen molar-refractivity contribution in [2.24, 2.45) is 5.92 Å². The van der Waals surface area contributed by atoms with Crippen molar-refractivity contribution in [2.45, 2.75) is 18.9 Å². The maximum absolute atomic E-state index is 9.84. The van der Waals surface area contributed by atoms with E-state index >= 15 is 0 Å². The van der Waals surface area contributed by atoms with E-state index in [0.29, 0.717) is 17.6 Å². The molecule has 24 heavy (non-hydrogen) atoms. The molecule has 0 amide bonds. The van der Waals surface area contributed by atoms with Crippen LogP contribution in [-0.2, 0) is 6.54 Å². The van der Waals surface area contributed by atoms with E-state index in [0.717, 1.165) is 32.6 Å². The summed E-state index contributed by atoms with van der Waals surface area (Å²) >= 11 is 0. The second kappa shape index (κ2) is 7.82. The van der Waals surface area contributed by atoms with Gasteiger partial charge in [0.15, 0.2) is 0 Å². The van der Waals surface area contributed by atoms with Gasteiger partial charge in [0.25, 0.3) is 0 Å². The third-order valence-electron chi connectivity index (χ3n) is 4.97. The first-order valence-corrected chi connectivity index (χ1v) is 8.82. The molecule has 0 aromatic heterocycles. The molecule has 3 heteroatoms. The standard InChI is InChI=1S/C21H28N2O/c1-22(2)15-19-16-23(14-17-7-4-3-5-8-17)12-11-21(19)18-9-6-10-20(24)13-18/h3-10,13,19,21,24H,11-12,14-16H2,1-2H3. The van der Waals surface area contributed by atoms with Crippen LogP contribution in [0, 0.1) is 5.92 Å². The summed E-state index contributed by atoms with van der Waals surface area (Å²) in [5.74, 6) is 1.48. The normalized spacial score (nSPS) is 22.0. The van der Waals surface area contributed by atoms with Gasteiger partial charge >= 0.3 is 0 Å². The molecule has 0 bridgehead atoms. The SMILES string of the molecule is CN(C)CC1CN(Cc2ccccc2)CCC1c1cccc(O)c1. The van der Waals surface area contributed by atoms with E-state index in [-0.39, 0.29) is 0 Å². The lowest BCUT2D eigenvalue weighted by Crippen LogP contribution is -2.43. The highest BCUT2D eigenvalue weighted by atomic mass is 16.3. The number of hydrogen-bond donors (Lipinski definition) is 1. The Labute approximate surface area is 145 Å². The average molecular weight is 324 g/mol. The first-order valence-electron chi connectivity index (χ1n) is 8.82. The van der Waals surface area contributed by atoms with Crippen molar-refractivity contribution in [1.82, 2.24) is 9.80 Å². The van der Waals surface area contributed by atoms with Crippen molar-refractivity contribution in [3.8, 4) is 5.75 Å². The van der Waals surface area contributed by atoms with Crippen LogP contribution in [0.3, 0.4) is 0 Å². The smallest absolute Gasteiger partial charge is 0.115 e. The molecule has 1 aliphatic rings. The Hall–Kier alpha value is -1.84. The van der Waals surface area contributed by atoms with Crippen LogP contribution in [0.4, 0.5) is 0 Å². The number of likely N-dealkylation sites (tertiary alicyclic amines) is 1. The van der Waals surface area contributed by atoms with E-state index in [1.54, 1.807) is 6.07 Å². The fourth-order valence-corrected chi connectivity index (χ4v) is 3.94. The molecular formula is C21H28N2O. The Morgan fingerprint density at radius 2 is 1.88 bits per heavy atom. The van der Waals surface area contributed by atoms with E-state index in [4.69, 9.17) is 0 Å². The highest BCUT2D eigenvalue weighted by Gasteiger charge is 2.30. The fraction of sp³-hybridized carbons (Fsp3) is 0.429. The van der Waals surface area contributed by atoms with Crippen LogP contribution >= 0.6 is 0 Å². The molecule has 1 aliphatic heterocycles. The predicted octanol–water partition coefficient (Wildman–Crippen LogP) is 3.56. The number of hydrogen-bond acceptors (Lipinski definition) is 3. The number of benzene rings is 2. The van der Waals surface area contributed by atoms with Crippen LogP contribution in [-0.4, -0.2) is 48.6 Å². The quantitative estimate of drug-likeness (QED) is 0.911. The molecule has 1 heterocycles. The lowest BCUT2D eigenvalue weighted by Gasteiger charge is -2.40. The Kier molecular flexibility index (Phi) is 5.54. The van der Waals surface area contributed by atoms with E-state index in [9.17, 15) is 5.11 Å². The van der Waals surface area contributed by atoms with E-state index < -0.39 is 0 Å². The van der Waals surface area contributed by atoms with Gasteiger partial charge in [0.05, 0.1) is 0 Å². The number of aromatic hydroxyl groups is 1. The summed E-state index contributed by atoms with van der Waals surface area (Å²) in [6.45, 7) is 4.32. The minimum absolute atomic E-state index is 0.378. The van der Waals surface area contributed by atoms with Crippen molar-refractivity contribution < 1.29 is 5.11 Å². The van der Waals surface area contributed by atoms with Crippen molar-refractivity contribution in [3.05, 3.63) is 65.7 Å². The summed E-state index contributed by atoms with van der Waals surface area (Å²) < 4.78 is 0. The van der Waals surface area contributed by atoms with Crippen LogP contribution in [0.1, 0.15) is 23.5 Å². The van der Waals surface area contributed by atoms with Crippen LogP contribution in [0.2, 0.25) is 0 Å². The molecule has 1 fully saturated rings. The predicted molar refractivity (Wildman–Crippen MR) is 99.2 cm³/mol. The molecule has 3 rings (SSSR count). The van der Waals surface area contributed by atoms with Gasteiger partial charge in [-0.2, -0.15) is 0 Å². The van der Waals surface area contributed by atoms with Crippen LogP contribution < -0.4 is 0 Å². The van der Waals surface area contributed by atoms with Gasteiger partial charge in [-0.3, -0.25) is 4.90 Å². The number of rotatable bonds is 5. The molecule has 2 unspecified atom stereocenters. The molecule has 1 saturated heterocycles. The average Bonchev–Trinajstić information content (AvgIpc) is 2.55. The fourth-order valence-electron chi connectivity index (χ4n) is 3.94. The maximum atomic E-state index is 9.84. The summed E-state index contributed by atoms with van der Waals surface area (Å²) in [7, 11) is 4.30. The van der Waals surface area contributed by atoms with Crippen LogP contribution in [0.25, 0.3) is 0 Å². The van der Waals surface area contributed by atoms with Gasteiger partial charge in [0, 0.05) is 19.6 Å². The van der Waals surface area contributed by atoms with Gasteiger partial charge < -0.3 is 10.0 Å². The zero-order valence-electron chi connectivity index (χ0n) is 14.7. The number of phenolic OH excluding ortho intramolecular Hbond substituents is 1. The van der Waals surface area contributed by atoms with Crippen molar-refractivity contribution in [2.75, 3.05) is 33.7 Å². The van der Waals surface area contributed by atoms with E-state index in [1.807, 2.05) is 12.1 Å². The van der Waals surface area contributed by atoms with Gasteiger partial charge in [-0.1, -0.05) is 42.5 Å². The summed E-state index contributed by atoms with van der Waals surface area (Å²) in [5, 5.41) is 9.84. The number of phenols is 1. The molecular weight excluding hydrogens is 296 g/mol. The number of nitrogens with zero attached hydrogens (tertiary/aromatic N) is 2. The Morgan fingerprint density at radius 3 is 2.58 bits per heavy atom. The van der Waals surface area contributed by atoms with Crippen molar-refractivity contribution in [3.63, 3.8) is 0 Å². The summed E-state index contributed by atoms with van der Waals surface area (Å²) in [4.78, 5) is 4.86. The summed E-state index contributed by atoms with van der Waals surface area (Å²) in [6.07, 6.45) is 1.15. The molecule has 0 spiro atoms. The van der Waals surface area contributed by atoms with Crippen LogP contribution in [0.15, 0.2) is 54.6 Å². The first kappa shape index (κ1) is 17.0. The zero-order valence-corrected chi connectivity index (χ0v) is 14.7. The van der Waals surface area contributed by atoms with Gasteiger partial charge in [0.2, 0.25) is 0 Å². The molecule has 2 aromatic rings. The molecule has 128 valence electrons. The zero-order chi connectivity index (χ0) is 16.9. The van der Waals surface area contributed by atoms with Gasteiger partial charge in [-0.05, 0) is 62.2 Å². The molecule has 0 aliphatic carbocycles. The van der Waals surface area contributed by atoms with Crippen molar-refractivity contribution in [1.29, 1.82) is 0 Å². The summed E-state index contributed by atoms with van der Waals surface area (Å²) in [5.41, 5.74) is 2.66. The third kappa shape index (κ3) is 4.37. The summed E-state index contributed by atoms with van der Waals surface area (Å²) in [6, 6.07) is 18.6. The Bertz CT molecular complexity index is 641. The number of piperidine rings is 1. The second-order valence-electron chi connectivity index (χ2n) is 7.23. The maximum Gasteiger partial charge on any atom is 0.115 e. The molecule has 2 aromatic carbocycles. The van der Waals surface area contributed by atoms with Gasteiger partial charge in [0.1, 0.15) is 5.75 Å². The molecule has 0 radical (unpaired) electrons. The topological polar surface area (TPSA) is 26.7 Å². The Balaban J connectivity index is 1.73. The second-order valence-corrected chi connectivity index (χ2v) is 7.23. The lowest BCUT2D eigenvalue weighted by molar-refractivity contribution is 0.125. The minimum Gasteiger partial charge on any atom is -0.508 e. The molecule has 3 nitrogen and oxygen atoms in total. The minimum atomic E-state index is 0.378.